The van der Waals surface area contributed by atoms with E-state index in [0.29, 0.717) is 6.61 Å². The van der Waals surface area contributed by atoms with E-state index in [1.54, 1.807) is 5.01 Å². The van der Waals surface area contributed by atoms with Crippen molar-refractivity contribution in [2.75, 3.05) is 12.1 Å². The Morgan fingerprint density at radius 3 is 2.48 bits per heavy atom. The van der Waals surface area contributed by atoms with Crippen molar-refractivity contribution in [2.24, 2.45) is 12.9 Å². The molecule has 0 spiro atoms. The van der Waals surface area contributed by atoms with Crippen LogP contribution in [0.3, 0.4) is 0 Å². The molecule has 2 N–H and O–H groups in total. The summed E-state index contributed by atoms with van der Waals surface area (Å²) in [5, 5.41) is 6.22. The monoisotopic (exact) mass is 428 g/mol. The van der Waals surface area contributed by atoms with Gasteiger partial charge in [0.2, 0.25) is 0 Å². The normalized spacial score (nSPS) is 10.9. The van der Waals surface area contributed by atoms with Crippen LogP contribution in [0.15, 0.2) is 40.9 Å². The highest BCUT2D eigenvalue weighted by atomic mass is 79.9. The van der Waals surface area contributed by atoms with Crippen molar-refractivity contribution >= 4 is 21.6 Å². The number of aryl methyl sites for hydroxylation is 3. The number of benzene rings is 2. The first-order valence-corrected chi connectivity index (χ1v) is 9.58. The SMILES string of the molecule is Cc1cc(-c2nn(C)c(C)c2Br)ccc1OCc1c(C)cccc1N(C)N. The third-order valence-electron chi connectivity index (χ3n) is 4.85. The summed E-state index contributed by atoms with van der Waals surface area (Å²) in [6.45, 7) is 6.63. The molecule has 142 valence electrons. The molecule has 5 nitrogen and oxygen atoms in total. The van der Waals surface area contributed by atoms with E-state index in [-0.39, 0.29) is 0 Å². The molecule has 0 bridgehead atoms. The van der Waals surface area contributed by atoms with Crippen LogP contribution in [-0.4, -0.2) is 16.8 Å². The Labute approximate surface area is 168 Å². The van der Waals surface area contributed by atoms with Gasteiger partial charge in [0.15, 0.2) is 0 Å². The number of hydrogen-bond donors (Lipinski definition) is 1. The molecule has 0 aliphatic carbocycles. The van der Waals surface area contributed by atoms with Crippen molar-refractivity contribution in [3.63, 3.8) is 0 Å². The Hall–Kier alpha value is -2.31. The van der Waals surface area contributed by atoms with Gasteiger partial charge >= 0.3 is 0 Å². The van der Waals surface area contributed by atoms with Crippen LogP contribution < -0.4 is 15.6 Å². The number of ether oxygens (including phenoxy) is 1. The van der Waals surface area contributed by atoms with Crippen molar-refractivity contribution in [2.45, 2.75) is 27.4 Å². The predicted octanol–water partition coefficient (Wildman–Crippen LogP) is 4.66. The van der Waals surface area contributed by atoms with E-state index in [9.17, 15) is 0 Å². The molecular formula is C21H25BrN4O. The van der Waals surface area contributed by atoms with E-state index >= 15 is 0 Å². The average Bonchev–Trinajstić information content (AvgIpc) is 2.88. The first kappa shape index (κ1) is 19.5. The van der Waals surface area contributed by atoms with Crippen LogP contribution in [0.4, 0.5) is 5.69 Å². The molecule has 0 radical (unpaired) electrons. The van der Waals surface area contributed by atoms with E-state index in [0.717, 1.165) is 49.6 Å². The predicted molar refractivity (Wildman–Crippen MR) is 114 cm³/mol. The lowest BCUT2D eigenvalue weighted by molar-refractivity contribution is 0.303. The van der Waals surface area contributed by atoms with Gasteiger partial charge in [-0.1, -0.05) is 12.1 Å². The lowest BCUT2D eigenvalue weighted by Gasteiger charge is -2.19. The maximum Gasteiger partial charge on any atom is 0.122 e. The fourth-order valence-corrected chi connectivity index (χ4v) is 3.65. The van der Waals surface area contributed by atoms with Crippen molar-refractivity contribution < 1.29 is 4.74 Å². The summed E-state index contributed by atoms with van der Waals surface area (Å²) >= 11 is 3.64. The highest BCUT2D eigenvalue weighted by Gasteiger charge is 2.14. The third-order valence-corrected chi connectivity index (χ3v) is 5.80. The van der Waals surface area contributed by atoms with Gasteiger partial charge in [-0.25, -0.2) is 5.84 Å². The van der Waals surface area contributed by atoms with Gasteiger partial charge in [-0.15, -0.1) is 0 Å². The summed E-state index contributed by atoms with van der Waals surface area (Å²) < 4.78 is 9.02. The number of anilines is 1. The largest absolute Gasteiger partial charge is 0.489 e. The molecule has 1 heterocycles. The second-order valence-corrected chi connectivity index (χ2v) is 7.62. The maximum atomic E-state index is 6.12. The van der Waals surface area contributed by atoms with E-state index < -0.39 is 0 Å². The molecule has 3 rings (SSSR count). The summed E-state index contributed by atoms with van der Waals surface area (Å²) in [5.41, 5.74) is 7.39. The average molecular weight is 429 g/mol. The lowest BCUT2D eigenvalue weighted by atomic mass is 10.1. The fourth-order valence-electron chi connectivity index (χ4n) is 3.08. The van der Waals surface area contributed by atoms with Gasteiger partial charge in [0.05, 0.1) is 10.2 Å². The maximum absolute atomic E-state index is 6.12. The summed E-state index contributed by atoms with van der Waals surface area (Å²) in [6, 6.07) is 12.2. The molecule has 0 amide bonds. The van der Waals surface area contributed by atoms with Crippen LogP contribution in [0.1, 0.15) is 22.4 Å². The minimum absolute atomic E-state index is 0.468. The van der Waals surface area contributed by atoms with E-state index in [1.165, 1.54) is 0 Å². The van der Waals surface area contributed by atoms with Crippen molar-refractivity contribution in [1.29, 1.82) is 0 Å². The molecule has 6 heteroatoms. The molecule has 27 heavy (non-hydrogen) atoms. The molecular weight excluding hydrogens is 404 g/mol. The van der Waals surface area contributed by atoms with Crippen LogP contribution in [0, 0.1) is 20.8 Å². The molecule has 0 atom stereocenters. The number of hydrogen-bond acceptors (Lipinski definition) is 4. The highest BCUT2D eigenvalue weighted by Crippen LogP contribution is 2.33. The number of rotatable bonds is 5. The molecule has 0 saturated carbocycles. The molecule has 0 unspecified atom stereocenters. The van der Waals surface area contributed by atoms with Gasteiger partial charge in [0.1, 0.15) is 18.1 Å². The Morgan fingerprint density at radius 1 is 1.15 bits per heavy atom. The number of nitrogens with zero attached hydrogens (tertiary/aromatic N) is 3. The quantitative estimate of drug-likeness (QED) is 0.473. The molecule has 0 fully saturated rings. The van der Waals surface area contributed by atoms with Gasteiger partial charge in [-0.3, -0.25) is 4.68 Å². The number of nitrogens with two attached hydrogens (primary N) is 1. The van der Waals surface area contributed by atoms with Gasteiger partial charge in [0.25, 0.3) is 0 Å². The smallest absolute Gasteiger partial charge is 0.122 e. The number of aromatic nitrogens is 2. The summed E-state index contributed by atoms with van der Waals surface area (Å²) in [6.07, 6.45) is 0. The van der Waals surface area contributed by atoms with Crippen LogP contribution in [0.2, 0.25) is 0 Å². The molecule has 2 aromatic carbocycles. The zero-order chi connectivity index (χ0) is 19.7. The topological polar surface area (TPSA) is 56.3 Å². The molecule has 1 aromatic heterocycles. The minimum atomic E-state index is 0.468. The molecule has 0 aliphatic rings. The van der Waals surface area contributed by atoms with Crippen LogP contribution >= 0.6 is 15.9 Å². The number of halogens is 1. The first-order valence-electron chi connectivity index (χ1n) is 8.79. The van der Waals surface area contributed by atoms with Crippen molar-refractivity contribution in [3.8, 4) is 17.0 Å². The van der Waals surface area contributed by atoms with Gasteiger partial charge < -0.3 is 9.75 Å². The van der Waals surface area contributed by atoms with Crippen LogP contribution in [0.5, 0.6) is 5.75 Å². The van der Waals surface area contributed by atoms with Crippen LogP contribution in [0.25, 0.3) is 11.3 Å². The zero-order valence-electron chi connectivity index (χ0n) is 16.4. The highest BCUT2D eigenvalue weighted by molar-refractivity contribution is 9.10. The molecule has 0 saturated heterocycles. The van der Waals surface area contributed by atoms with E-state index in [4.69, 9.17) is 10.6 Å². The van der Waals surface area contributed by atoms with Gasteiger partial charge in [0, 0.05) is 30.9 Å². The van der Waals surface area contributed by atoms with Gasteiger partial charge in [-0.05, 0) is 72.1 Å². The third kappa shape index (κ3) is 3.87. The van der Waals surface area contributed by atoms with Gasteiger partial charge in [-0.2, -0.15) is 5.10 Å². The van der Waals surface area contributed by atoms with Crippen molar-refractivity contribution in [3.05, 3.63) is 63.3 Å². The van der Waals surface area contributed by atoms with Crippen molar-refractivity contribution in [1.82, 2.24) is 9.78 Å². The van der Waals surface area contributed by atoms with E-state index in [1.807, 2.05) is 50.0 Å². The Balaban J connectivity index is 1.85. The Morgan fingerprint density at radius 2 is 1.89 bits per heavy atom. The Kier molecular flexibility index (Phi) is 5.58. The number of hydrazine groups is 1. The molecule has 3 aromatic rings. The Bertz CT molecular complexity index is 979. The summed E-state index contributed by atoms with van der Waals surface area (Å²) in [4.78, 5) is 0. The lowest BCUT2D eigenvalue weighted by Crippen LogP contribution is -2.26. The molecule has 0 aliphatic heterocycles. The standard InChI is InChI=1S/C21H25BrN4O/c1-13-7-6-8-18(25(4)23)17(13)12-27-19-10-9-16(11-14(19)2)21-20(22)15(3)26(5)24-21/h6-11H,12,23H2,1-5H3. The van der Waals surface area contributed by atoms with Crippen LogP contribution in [-0.2, 0) is 13.7 Å². The zero-order valence-corrected chi connectivity index (χ0v) is 18.0. The minimum Gasteiger partial charge on any atom is -0.489 e. The second-order valence-electron chi connectivity index (χ2n) is 6.82. The van der Waals surface area contributed by atoms with E-state index in [2.05, 4.69) is 47.0 Å². The first-order chi connectivity index (χ1) is 12.8. The fraction of sp³-hybridized carbons (Fsp3) is 0.286. The summed E-state index contributed by atoms with van der Waals surface area (Å²) in [5.74, 6) is 6.82. The summed E-state index contributed by atoms with van der Waals surface area (Å²) in [7, 11) is 3.78. The second kappa shape index (κ2) is 7.74.